The quantitative estimate of drug-likeness (QED) is 0.337. The minimum absolute atomic E-state index is 0.0297. The summed E-state index contributed by atoms with van der Waals surface area (Å²) in [5, 5.41) is 8.44. The summed E-state index contributed by atoms with van der Waals surface area (Å²) in [6.07, 6.45) is -3.73. The van der Waals surface area contributed by atoms with E-state index in [9.17, 15) is 13.2 Å². The van der Waals surface area contributed by atoms with Crippen LogP contribution in [0.4, 0.5) is 13.2 Å². The topological polar surface area (TPSA) is 61.0 Å². The van der Waals surface area contributed by atoms with Crippen LogP contribution in [0.3, 0.4) is 0 Å². The molecule has 2 aromatic heterocycles. The molecule has 0 aliphatic carbocycles. The van der Waals surface area contributed by atoms with E-state index in [-0.39, 0.29) is 29.0 Å². The number of hydrogen-bond donors (Lipinski definition) is 0. The third-order valence-corrected chi connectivity index (χ3v) is 4.43. The molecule has 5 nitrogen and oxygen atoms in total. The van der Waals surface area contributed by atoms with Crippen LogP contribution in [0.15, 0.2) is 65.2 Å². The minimum atomic E-state index is -4.71. The molecule has 2 aromatic carbocycles. The second-order valence-corrected chi connectivity index (χ2v) is 6.92. The molecule has 0 radical (unpaired) electrons. The van der Waals surface area contributed by atoms with Crippen LogP contribution in [-0.4, -0.2) is 15.2 Å². The predicted molar refractivity (Wildman–Crippen MR) is 105 cm³/mol. The smallest absolute Gasteiger partial charge is 0.417 e. The van der Waals surface area contributed by atoms with E-state index in [1.54, 1.807) is 36.4 Å². The summed E-state index contributed by atoms with van der Waals surface area (Å²) in [4.78, 5) is 3.94. The fourth-order valence-corrected chi connectivity index (χ4v) is 2.91. The maximum Gasteiger partial charge on any atom is 0.417 e. The van der Waals surface area contributed by atoms with Crippen LogP contribution in [0.1, 0.15) is 5.56 Å². The standard InChI is InChI=1S/C20H10Cl2F3N3O2/c21-12-4-6-14(7-5-12)29-17-9-16(20(23,24)25)15(10-26-17)19-28-27-18(30-19)11-2-1-3-13(22)8-11/h1-10H. The molecular formula is C20H10Cl2F3N3O2. The number of aromatic nitrogens is 3. The van der Waals surface area contributed by atoms with Gasteiger partial charge in [0.25, 0.3) is 0 Å². The number of pyridine rings is 1. The summed E-state index contributed by atoms with van der Waals surface area (Å²) in [5.41, 5.74) is -0.917. The molecule has 0 atom stereocenters. The maximum atomic E-state index is 13.7. The number of alkyl halides is 3. The molecule has 0 fully saturated rings. The van der Waals surface area contributed by atoms with Crippen molar-refractivity contribution in [2.75, 3.05) is 0 Å². The van der Waals surface area contributed by atoms with Crippen LogP contribution in [-0.2, 0) is 6.18 Å². The van der Waals surface area contributed by atoms with Gasteiger partial charge < -0.3 is 9.15 Å². The second-order valence-electron chi connectivity index (χ2n) is 6.04. The van der Waals surface area contributed by atoms with E-state index in [2.05, 4.69) is 15.2 Å². The molecular weight excluding hydrogens is 442 g/mol. The molecule has 152 valence electrons. The van der Waals surface area contributed by atoms with Gasteiger partial charge in [0.15, 0.2) is 0 Å². The number of ether oxygens (including phenoxy) is 1. The SMILES string of the molecule is FC(F)(F)c1cc(Oc2ccc(Cl)cc2)ncc1-c1nnc(-c2cccc(Cl)c2)o1. The average molecular weight is 452 g/mol. The Morgan fingerprint density at radius 2 is 1.60 bits per heavy atom. The Morgan fingerprint density at radius 3 is 2.30 bits per heavy atom. The first-order valence-corrected chi connectivity index (χ1v) is 9.16. The Labute approximate surface area is 178 Å². The van der Waals surface area contributed by atoms with Crippen LogP contribution >= 0.6 is 23.2 Å². The number of rotatable bonds is 4. The average Bonchev–Trinajstić information content (AvgIpc) is 3.19. The van der Waals surface area contributed by atoms with Gasteiger partial charge in [0, 0.05) is 27.9 Å². The minimum Gasteiger partial charge on any atom is -0.439 e. The Hall–Kier alpha value is -3.10. The van der Waals surface area contributed by atoms with Gasteiger partial charge in [-0.1, -0.05) is 29.3 Å². The first kappa shape index (κ1) is 20.2. The van der Waals surface area contributed by atoms with Crippen LogP contribution in [0, 0.1) is 0 Å². The lowest BCUT2D eigenvalue weighted by Gasteiger charge is -2.12. The Morgan fingerprint density at radius 1 is 0.867 bits per heavy atom. The molecule has 0 aliphatic heterocycles. The van der Waals surface area contributed by atoms with Crippen LogP contribution in [0.25, 0.3) is 22.9 Å². The molecule has 4 aromatic rings. The van der Waals surface area contributed by atoms with E-state index in [1.165, 1.54) is 12.1 Å². The van der Waals surface area contributed by atoms with Gasteiger partial charge in [-0.25, -0.2) is 4.98 Å². The lowest BCUT2D eigenvalue weighted by Crippen LogP contribution is -2.08. The Balaban J connectivity index is 1.70. The molecule has 10 heteroatoms. The molecule has 0 saturated heterocycles. The fraction of sp³-hybridized carbons (Fsp3) is 0.0500. The molecule has 0 amide bonds. The number of hydrogen-bond acceptors (Lipinski definition) is 5. The Kier molecular flexibility index (Phi) is 5.36. The first-order valence-electron chi connectivity index (χ1n) is 8.40. The fourth-order valence-electron chi connectivity index (χ4n) is 2.59. The van der Waals surface area contributed by atoms with E-state index >= 15 is 0 Å². The van der Waals surface area contributed by atoms with Crippen molar-refractivity contribution in [3.8, 4) is 34.5 Å². The van der Waals surface area contributed by atoms with Gasteiger partial charge in [0.05, 0.1) is 11.1 Å². The molecule has 0 aliphatic rings. The molecule has 2 heterocycles. The molecule has 0 unspecified atom stereocenters. The van der Waals surface area contributed by atoms with Gasteiger partial charge in [0.1, 0.15) is 5.75 Å². The van der Waals surface area contributed by atoms with E-state index in [0.29, 0.717) is 15.6 Å². The monoisotopic (exact) mass is 451 g/mol. The van der Waals surface area contributed by atoms with E-state index in [0.717, 1.165) is 12.3 Å². The highest BCUT2D eigenvalue weighted by molar-refractivity contribution is 6.31. The molecule has 0 N–H and O–H groups in total. The lowest BCUT2D eigenvalue weighted by molar-refractivity contribution is -0.137. The van der Waals surface area contributed by atoms with Gasteiger partial charge in [-0.2, -0.15) is 13.2 Å². The second kappa shape index (κ2) is 7.97. The normalized spacial score (nSPS) is 11.5. The largest absolute Gasteiger partial charge is 0.439 e. The van der Waals surface area contributed by atoms with Crippen LogP contribution < -0.4 is 4.74 Å². The molecule has 0 saturated carbocycles. The van der Waals surface area contributed by atoms with Crippen LogP contribution in [0.5, 0.6) is 11.6 Å². The third kappa shape index (κ3) is 4.39. The zero-order chi connectivity index (χ0) is 21.3. The predicted octanol–water partition coefficient (Wildman–Crippen LogP) is 6.92. The van der Waals surface area contributed by atoms with Crippen molar-refractivity contribution in [3.63, 3.8) is 0 Å². The summed E-state index contributed by atoms with van der Waals surface area (Å²) in [6.45, 7) is 0. The highest BCUT2D eigenvalue weighted by Crippen LogP contribution is 2.39. The van der Waals surface area contributed by atoms with Gasteiger partial charge in [0.2, 0.25) is 17.7 Å². The molecule has 0 spiro atoms. The summed E-state index contributed by atoms with van der Waals surface area (Å²) in [7, 11) is 0. The number of nitrogens with zero attached hydrogens (tertiary/aromatic N) is 3. The van der Waals surface area contributed by atoms with Gasteiger partial charge in [-0.05, 0) is 42.5 Å². The van der Waals surface area contributed by atoms with Gasteiger partial charge >= 0.3 is 6.18 Å². The zero-order valence-electron chi connectivity index (χ0n) is 14.8. The number of benzene rings is 2. The Bertz CT molecular complexity index is 1190. The van der Waals surface area contributed by atoms with E-state index < -0.39 is 11.7 Å². The van der Waals surface area contributed by atoms with E-state index in [1.807, 2.05) is 0 Å². The van der Waals surface area contributed by atoms with Crippen molar-refractivity contribution in [3.05, 3.63) is 76.4 Å². The summed E-state index contributed by atoms with van der Waals surface area (Å²) < 4.78 is 51.9. The zero-order valence-corrected chi connectivity index (χ0v) is 16.3. The van der Waals surface area contributed by atoms with Gasteiger partial charge in [-0.3, -0.25) is 0 Å². The van der Waals surface area contributed by atoms with E-state index in [4.69, 9.17) is 32.4 Å². The lowest BCUT2D eigenvalue weighted by atomic mass is 10.1. The first-order chi connectivity index (χ1) is 14.3. The highest BCUT2D eigenvalue weighted by Gasteiger charge is 2.36. The van der Waals surface area contributed by atoms with Crippen molar-refractivity contribution < 1.29 is 22.3 Å². The van der Waals surface area contributed by atoms with Crippen molar-refractivity contribution in [2.45, 2.75) is 6.18 Å². The van der Waals surface area contributed by atoms with Crippen LogP contribution in [0.2, 0.25) is 10.0 Å². The molecule has 0 bridgehead atoms. The maximum absolute atomic E-state index is 13.7. The van der Waals surface area contributed by atoms with Crippen molar-refractivity contribution in [1.29, 1.82) is 0 Å². The highest BCUT2D eigenvalue weighted by atomic mass is 35.5. The third-order valence-electron chi connectivity index (χ3n) is 3.95. The van der Waals surface area contributed by atoms with Crippen molar-refractivity contribution in [2.24, 2.45) is 0 Å². The van der Waals surface area contributed by atoms with Crippen molar-refractivity contribution in [1.82, 2.24) is 15.2 Å². The number of halogens is 5. The summed E-state index contributed by atoms with van der Waals surface area (Å²) in [5.74, 6) is -0.262. The summed E-state index contributed by atoms with van der Waals surface area (Å²) in [6, 6.07) is 13.4. The van der Waals surface area contributed by atoms with Gasteiger partial charge in [-0.15, -0.1) is 10.2 Å². The molecule has 4 rings (SSSR count). The summed E-state index contributed by atoms with van der Waals surface area (Å²) >= 11 is 11.7. The molecule has 30 heavy (non-hydrogen) atoms. The van der Waals surface area contributed by atoms with Crippen molar-refractivity contribution >= 4 is 23.2 Å².